The molecule has 1 aliphatic heterocycles. The first-order chi connectivity index (χ1) is 13.1. The molecule has 5 heteroatoms. The Labute approximate surface area is 160 Å². The SMILES string of the molecule is COc1cccc(N2CCN(C(=O)C=Cc3ccc(C4CC4C)o3)CC2)c1. The van der Waals surface area contributed by atoms with Crippen LogP contribution in [0.2, 0.25) is 0 Å². The van der Waals surface area contributed by atoms with Gasteiger partial charge in [0.05, 0.1) is 7.11 Å². The van der Waals surface area contributed by atoms with E-state index in [9.17, 15) is 4.79 Å². The first-order valence-electron chi connectivity index (χ1n) is 9.60. The molecule has 0 spiro atoms. The molecule has 1 saturated carbocycles. The number of carbonyl (C=O) groups is 1. The molecule has 27 heavy (non-hydrogen) atoms. The van der Waals surface area contributed by atoms with Crippen LogP contribution in [0.15, 0.2) is 46.9 Å². The molecule has 0 radical (unpaired) electrons. The molecule has 2 aromatic rings. The van der Waals surface area contributed by atoms with Crippen molar-refractivity contribution in [1.82, 2.24) is 4.90 Å². The molecule has 5 nitrogen and oxygen atoms in total. The minimum Gasteiger partial charge on any atom is -0.497 e. The highest BCUT2D eigenvalue weighted by atomic mass is 16.5. The van der Waals surface area contributed by atoms with Gasteiger partial charge in [0, 0.05) is 49.9 Å². The van der Waals surface area contributed by atoms with E-state index in [-0.39, 0.29) is 5.91 Å². The van der Waals surface area contributed by atoms with E-state index in [1.54, 1.807) is 19.3 Å². The van der Waals surface area contributed by atoms with Gasteiger partial charge in [0.25, 0.3) is 0 Å². The number of methoxy groups -OCH3 is 1. The van der Waals surface area contributed by atoms with E-state index in [2.05, 4.69) is 17.9 Å². The molecule has 0 N–H and O–H groups in total. The van der Waals surface area contributed by atoms with E-state index in [4.69, 9.17) is 9.15 Å². The summed E-state index contributed by atoms with van der Waals surface area (Å²) in [5.41, 5.74) is 1.13. The Bertz CT molecular complexity index is 834. The number of hydrogen-bond donors (Lipinski definition) is 0. The number of hydrogen-bond acceptors (Lipinski definition) is 4. The number of carbonyl (C=O) groups excluding carboxylic acids is 1. The Hall–Kier alpha value is -2.69. The van der Waals surface area contributed by atoms with E-state index in [0.717, 1.165) is 42.0 Å². The third-order valence-electron chi connectivity index (χ3n) is 5.52. The number of amides is 1. The summed E-state index contributed by atoms with van der Waals surface area (Å²) in [7, 11) is 1.68. The molecule has 1 amide bonds. The molecule has 1 aliphatic carbocycles. The smallest absolute Gasteiger partial charge is 0.246 e. The number of benzene rings is 1. The monoisotopic (exact) mass is 366 g/mol. The summed E-state index contributed by atoms with van der Waals surface area (Å²) in [5.74, 6) is 3.97. The molecule has 2 atom stereocenters. The Kier molecular flexibility index (Phi) is 4.92. The second kappa shape index (κ2) is 7.51. The summed E-state index contributed by atoms with van der Waals surface area (Å²) in [5, 5.41) is 0. The molecular formula is C22H26N2O3. The fraction of sp³-hybridized carbons (Fsp3) is 0.409. The van der Waals surface area contributed by atoms with Crippen LogP contribution in [-0.2, 0) is 4.79 Å². The van der Waals surface area contributed by atoms with Gasteiger partial charge in [-0.1, -0.05) is 13.0 Å². The van der Waals surface area contributed by atoms with Crippen molar-refractivity contribution in [3.63, 3.8) is 0 Å². The maximum Gasteiger partial charge on any atom is 0.246 e. The zero-order valence-corrected chi connectivity index (χ0v) is 15.9. The topological polar surface area (TPSA) is 45.9 Å². The third kappa shape index (κ3) is 4.02. The van der Waals surface area contributed by atoms with E-state index >= 15 is 0 Å². The van der Waals surface area contributed by atoms with Crippen LogP contribution in [0.1, 0.15) is 30.8 Å². The van der Waals surface area contributed by atoms with Gasteiger partial charge in [0.1, 0.15) is 17.3 Å². The fourth-order valence-corrected chi connectivity index (χ4v) is 3.63. The quantitative estimate of drug-likeness (QED) is 0.756. The van der Waals surface area contributed by atoms with Crippen molar-refractivity contribution in [2.45, 2.75) is 19.3 Å². The lowest BCUT2D eigenvalue weighted by molar-refractivity contribution is -0.126. The second-order valence-corrected chi connectivity index (χ2v) is 7.41. The maximum atomic E-state index is 12.5. The second-order valence-electron chi connectivity index (χ2n) is 7.41. The summed E-state index contributed by atoms with van der Waals surface area (Å²) >= 11 is 0. The Balaban J connectivity index is 1.31. The highest BCUT2D eigenvalue weighted by Crippen LogP contribution is 2.47. The van der Waals surface area contributed by atoms with Crippen molar-refractivity contribution in [2.24, 2.45) is 5.92 Å². The standard InChI is InChI=1S/C22H26N2O3/c1-16-14-20(16)21-8-6-18(27-21)7-9-22(25)24-12-10-23(11-13-24)17-4-3-5-19(15-17)26-2/h3-9,15-16,20H,10-14H2,1-2H3. The van der Waals surface area contributed by atoms with Gasteiger partial charge in [-0.15, -0.1) is 0 Å². The van der Waals surface area contributed by atoms with Crippen LogP contribution in [-0.4, -0.2) is 44.1 Å². The molecule has 1 aromatic carbocycles. The molecule has 2 aliphatic rings. The van der Waals surface area contributed by atoms with E-state index < -0.39 is 0 Å². The van der Waals surface area contributed by atoms with Gasteiger partial charge in [-0.25, -0.2) is 0 Å². The molecule has 0 bridgehead atoms. The molecule has 2 heterocycles. The van der Waals surface area contributed by atoms with Crippen molar-refractivity contribution in [1.29, 1.82) is 0 Å². The predicted octanol–water partition coefficient (Wildman–Crippen LogP) is 3.77. The van der Waals surface area contributed by atoms with Crippen LogP contribution >= 0.6 is 0 Å². The Morgan fingerprint density at radius 1 is 1.19 bits per heavy atom. The van der Waals surface area contributed by atoms with Gasteiger partial charge in [-0.05, 0) is 42.7 Å². The third-order valence-corrected chi connectivity index (χ3v) is 5.52. The van der Waals surface area contributed by atoms with Gasteiger partial charge >= 0.3 is 0 Å². The highest BCUT2D eigenvalue weighted by molar-refractivity contribution is 5.91. The van der Waals surface area contributed by atoms with Gasteiger partial charge in [-0.3, -0.25) is 4.79 Å². The van der Waals surface area contributed by atoms with Crippen molar-refractivity contribution >= 4 is 17.7 Å². The van der Waals surface area contributed by atoms with Crippen molar-refractivity contribution < 1.29 is 13.9 Å². The minimum absolute atomic E-state index is 0.0398. The number of anilines is 1. The van der Waals surface area contributed by atoms with Gasteiger partial charge in [0.2, 0.25) is 5.91 Å². The number of nitrogens with zero attached hydrogens (tertiary/aromatic N) is 2. The number of ether oxygens (including phenoxy) is 1. The average molecular weight is 366 g/mol. The molecule has 4 rings (SSSR count). The number of piperazine rings is 1. The molecule has 1 saturated heterocycles. The van der Waals surface area contributed by atoms with Crippen LogP contribution in [0.25, 0.3) is 6.08 Å². The average Bonchev–Trinajstić information content (AvgIpc) is 3.26. The van der Waals surface area contributed by atoms with E-state index in [1.165, 1.54) is 6.42 Å². The maximum absolute atomic E-state index is 12.5. The van der Waals surface area contributed by atoms with Crippen LogP contribution in [0.5, 0.6) is 5.75 Å². The Morgan fingerprint density at radius 2 is 1.96 bits per heavy atom. The molecular weight excluding hydrogens is 340 g/mol. The summed E-state index contributed by atoms with van der Waals surface area (Å²) in [6.45, 7) is 5.29. The van der Waals surface area contributed by atoms with Gasteiger partial charge in [-0.2, -0.15) is 0 Å². The molecule has 142 valence electrons. The van der Waals surface area contributed by atoms with Gasteiger partial charge in [0.15, 0.2) is 0 Å². The van der Waals surface area contributed by atoms with Crippen LogP contribution in [0.3, 0.4) is 0 Å². The largest absolute Gasteiger partial charge is 0.497 e. The van der Waals surface area contributed by atoms with Crippen LogP contribution < -0.4 is 9.64 Å². The number of furan rings is 1. The normalized spacial score (nSPS) is 22.3. The summed E-state index contributed by atoms with van der Waals surface area (Å²) in [4.78, 5) is 16.7. The van der Waals surface area contributed by atoms with Gasteiger partial charge < -0.3 is 19.0 Å². The lowest BCUT2D eigenvalue weighted by Gasteiger charge is -2.35. The van der Waals surface area contributed by atoms with E-state index in [0.29, 0.717) is 19.0 Å². The summed E-state index contributed by atoms with van der Waals surface area (Å²) in [6, 6.07) is 12.0. The summed E-state index contributed by atoms with van der Waals surface area (Å²) in [6.07, 6.45) is 4.61. The van der Waals surface area contributed by atoms with Crippen molar-refractivity contribution in [3.8, 4) is 5.75 Å². The lowest BCUT2D eigenvalue weighted by Crippen LogP contribution is -2.48. The fourth-order valence-electron chi connectivity index (χ4n) is 3.63. The zero-order valence-electron chi connectivity index (χ0n) is 15.9. The van der Waals surface area contributed by atoms with Crippen LogP contribution in [0, 0.1) is 5.92 Å². The first kappa shape index (κ1) is 17.7. The van der Waals surface area contributed by atoms with E-state index in [1.807, 2.05) is 35.2 Å². The predicted molar refractivity (Wildman–Crippen MR) is 106 cm³/mol. The number of rotatable bonds is 5. The molecule has 2 fully saturated rings. The highest BCUT2D eigenvalue weighted by Gasteiger charge is 2.36. The minimum atomic E-state index is 0.0398. The van der Waals surface area contributed by atoms with Crippen molar-refractivity contribution in [2.75, 3.05) is 38.2 Å². The summed E-state index contributed by atoms with van der Waals surface area (Å²) < 4.78 is 11.1. The van der Waals surface area contributed by atoms with Crippen LogP contribution in [0.4, 0.5) is 5.69 Å². The molecule has 2 unspecified atom stereocenters. The van der Waals surface area contributed by atoms with Crippen molar-refractivity contribution in [3.05, 3.63) is 54.0 Å². The molecule has 1 aromatic heterocycles. The zero-order chi connectivity index (χ0) is 18.8. The Morgan fingerprint density at radius 3 is 2.67 bits per heavy atom. The first-order valence-corrected chi connectivity index (χ1v) is 9.60. The lowest BCUT2D eigenvalue weighted by atomic mass is 10.2.